The topological polar surface area (TPSA) is 3.24 Å². The van der Waals surface area contributed by atoms with Gasteiger partial charge in [0, 0.05) is 21.9 Å². The van der Waals surface area contributed by atoms with Gasteiger partial charge in [0.1, 0.15) is 0 Å². The van der Waals surface area contributed by atoms with Crippen LogP contribution in [0.1, 0.15) is 61.1 Å². The van der Waals surface area contributed by atoms with E-state index in [1.807, 2.05) is 0 Å². The molecule has 0 aliphatic heterocycles. The summed E-state index contributed by atoms with van der Waals surface area (Å²) in [5.41, 5.74) is 17.2. The normalized spacial score (nSPS) is 15.1. The van der Waals surface area contributed by atoms with Crippen LogP contribution in [-0.2, 0) is 10.8 Å². The molecular formula is C48H39N. The number of aryl methyl sites for hydroxylation is 2. The molecule has 0 aromatic heterocycles. The molecule has 1 heteroatoms. The van der Waals surface area contributed by atoms with Crippen LogP contribution in [0, 0.1) is 13.8 Å². The molecule has 0 atom stereocenters. The van der Waals surface area contributed by atoms with E-state index >= 15 is 0 Å². The van der Waals surface area contributed by atoms with Gasteiger partial charge in [-0.05, 0) is 121 Å². The Kier molecular flexibility index (Phi) is 5.61. The van der Waals surface area contributed by atoms with Gasteiger partial charge in [0.2, 0.25) is 0 Å². The van der Waals surface area contributed by atoms with Gasteiger partial charge >= 0.3 is 0 Å². The van der Waals surface area contributed by atoms with Gasteiger partial charge in [-0.3, -0.25) is 0 Å². The third kappa shape index (κ3) is 3.66. The van der Waals surface area contributed by atoms with Gasteiger partial charge in [0.05, 0.1) is 11.4 Å². The van der Waals surface area contributed by atoms with E-state index in [1.54, 1.807) is 0 Å². The zero-order valence-corrected chi connectivity index (χ0v) is 29.1. The van der Waals surface area contributed by atoms with E-state index in [1.165, 1.54) is 105 Å². The van der Waals surface area contributed by atoms with E-state index in [9.17, 15) is 0 Å². The Morgan fingerprint density at radius 1 is 0.449 bits per heavy atom. The molecule has 0 saturated carbocycles. The molecule has 2 aliphatic carbocycles. The molecule has 8 aromatic carbocycles. The van der Waals surface area contributed by atoms with Crippen LogP contribution in [0.15, 0.2) is 127 Å². The number of para-hydroxylation sites is 1. The lowest BCUT2D eigenvalue weighted by molar-refractivity contribution is 0.660. The summed E-state index contributed by atoms with van der Waals surface area (Å²) >= 11 is 0. The molecule has 0 radical (unpaired) electrons. The molecular weight excluding hydrogens is 591 g/mol. The van der Waals surface area contributed by atoms with Crippen LogP contribution in [0.4, 0.5) is 17.1 Å². The van der Waals surface area contributed by atoms with E-state index in [2.05, 4.69) is 174 Å². The monoisotopic (exact) mass is 629 g/mol. The highest BCUT2D eigenvalue weighted by Crippen LogP contribution is 2.55. The molecule has 49 heavy (non-hydrogen) atoms. The van der Waals surface area contributed by atoms with Crippen molar-refractivity contribution in [1.29, 1.82) is 0 Å². The second-order valence-corrected chi connectivity index (χ2v) is 15.5. The summed E-state index contributed by atoms with van der Waals surface area (Å²) in [7, 11) is 0. The van der Waals surface area contributed by atoms with Crippen molar-refractivity contribution in [2.75, 3.05) is 4.90 Å². The maximum absolute atomic E-state index is 2.54. The molecule has 8 aromatic rings. The van der Waals surface area contributed by atoms with Crippen LogP contribution >= 0.6 is 0 Å². The lowest BCUT2D eigenvalue weighted by Crippen LogP contribution is -2.16. The summed E-state index contributed by atoms with van der Waals surface area (Å²) in [5.74, 6) is 0. The highest BCUT2D eigenvalue weighted by atomic mass is 15.1. The largest absolute Gasteiger partial charge is 0.309 e. The van der Waals surface area contributed by atoms with Gasteiger partial charge in [-0.15, -0.1) is 0 Å². The van der Waals surface area contributed by atoms with Gasteiger partial charge < -0.3 is 4.90 Å². The van der Waals surface area contributed by atoms with Crippen LogP contribution in [-0.4, -0.2) is 0 Å². The molecule has 0 amide bonds. The molecule has 236 valence electrons. The first-order chi connectivity index (χ1) is 23.7. The molecule has 0 saturated heterocycles. The van der Waals surface area contributed by atoms with Crippen LogP contribution < -0.4 is 4.90 Å². The van der Waals surface area contributed by atoms with Crippen molar-refractivity contribution in [3.05, 3.63) is 161 Å². The number of nitrogens with zero attached hydrogens (tertiary/aromatic N) is 1. The Morgan fingerprint density at radius 2 is 1.04 bits per heavy atom. The molecule has 10 rings (SSSR count). The fourth-order valence-corrected chi connectivity index (χ4v) is 9.62. The Balaban J connectivity index is 1.28. The third-order valence-electron chi connectivity index (χ3n) is 12.0. The zero-order valence-electron chi connectivity index (χ0n) is 29.1. The summed E-state index contributed by atoms with van der Waals surface area (Å²) in [4.78, 5) is 2.54. The van der Waals surface area contributed by atoms with Gasteiger partial charge in [-0.2, -0.15) is 0 Å². The van der Waals surface area contributed by atoms with Crippen molar-refractivity contribution in [2.24, 2.45) is 0 Å². The Labute approximate surface area is 288 Å². The average molecular weight is 630 g/mol. The van der Waals surface area contributed by atoms with E-state index < -0.39 is 0 Å². The quantitative estimate of drug-likeness (QED) is 0.176. The zero-order chi connectivity index (χ0) is 33.4. The lowest BCUT2D eigenvalue weighted by atomic mass is 9.80. The summed E-state index contributed by atoms with van der Waals surface area (Å²) in [6.07, 6.45) is 0. The maximum atomic E-state index is 2.54. The molecule has 1 nitrogen and oxygen atoms in total. The van der Waals surface area contributed by atoms with Crippen LogP contribution in [0.5, 0.6) is 0 Å². The number of hydrogen-bond acceptors (Lipinski definition) is 1. The summed E-state index contributed by atoms with van der Waals surface area (Å²) in [6.45, 7) is 14.0. The first-order valence-electron chi connectivity index (χ1n) is 17.6. The molecule has 0 N–H and O–H groups in total. The highest BCUT2D eigenvalue weighted by molar-refractivity contribution is 6.28. The smallest absolute Gasteiger partial charge is 0.0540 e. The lowest BCUT2D eigenvalue weighted by Gasteiger charge is -2.31. The number of anilines is 3. The Hall–Kier alpha value is -5.40. The minimum atomic E-state index is -0.0402. The van der Waals surface area contributed by atoms with Gasteiger partial charge in [0.25, 0.3) is 0 Å². The van der Waals surface area contributed by atoms with E-state index in [-0.39, 0.29) is 10.8 Å². The van der Waals surface area contributed by atoms with Crippen molar-refractivity contribution in [2.45, 2.75) is 52.4 Å². The first kappa shape index (κ1) is 28.6. The predicted molar refractivity (Wildman–Crippen MR) is 209 cm³/mol. The highest BCUT2D eigenvalue weighted by Gasteiger charge is 2.38. The molecule has 0 spiro atoms. The standard InChI is InChI=1S/C48H39N/c1-28-12-11-13-29(2)46(28)49(32-21-24-40-37(27-32)33-14-7-9-16-38(33)47(40,3)4)42-25-20-30-18-23-36-44-31(19-22-35(42)43(30)44)26-41-45(36)34-15-8-10-17-39(34)48(41,5)6/h7-27H,1-6H3. The maximum Gasteiger partial charge on any atom is 0.0540 e. The van der Waals surface area contributed by atoms with Crippen LogP contribution in [0.3, 0.4) is 0 Å². The number of hydrogen-bond donors (Lipinski definition) is 0. The average Bonchev–Trinajstić information content (AvgIpc) is 3.48. The van der Waals surface area contributed by atoms with Gasteiger partial charge in [0.15, 0.2) is 0 Å². The molecule has 0 heterocycles. The van der Waals surface area contributed by atoms with Gasteiger partial charge in [-0.1, -0.05) is 131 Å². The summed E-state index contributed by atoms with van der Waals surface area (Å²) in [6, 6.07) is 48.5. The first-order valence-corrected chi connectivity index (χ1v) is 17.6. The number of benzene rings is 8. The minimum Gasteiger partial charge on any atom is -0.309 e. The molecule has 0 unspecified atom stereocenters. The van der Waals surface area contributed by atoms with Crippen molar-refractivity contribution < 1.29 is 0 Å². The predicted octanol–water partition coefficient (Wildman–Crippen LogP) is 13.3. The van der Waals surface area contributed by atoms with Crippen molar-refractivity contribution in [3.63, 3.8) is 0 Å². The third-order valence-corrected chi connectivity index (χ3v) is 12.0. The fraction of sp³-hybridized carbons (Fsp3) is 0.167. The van der Waals surface area contributed by atoms with E-state index in [4.69, 9.17) is 0 Å². The Morgan fingerprint density at radius 3 is 1.82 bits per heavy atom. The van der Waals surface area contributed by atoms with E-state index in [0.29, 0.717) is 0 Å². The minimum absolute atomic E-state index is 0.0334. The fourth-order valence-electron chi connectivity index (χ4n) is 9.62. The van der Waals surface area contributed by atoms with Crippen molar-refractivity contribution in [3.8, 4) is 22.3 Å². The van der Waals surface area contributed by atoms with Crippen LogP contribution in [0.25, 0.3) is 54.6 Å². The SMILES string of the molecule is Cc1cccc(C)c1N(c1ccc2c(c1)-c1ccccc1C2(C)C)c1ccc2ccc3c4c(cc5ccc1c2c53)C(C)(C)c1ccccc1-4. The summed E-state index contributed by atoms with van der Waals surface area (Å²) in [5, 5.41) is 7.96. The number of rotatable bonds is 3. The second kappa shape index (κ2) is 9.61. The Bertz CT molecular complexity index is 2670. The number of fused-ring (bicyclic) bond motifs is 7. The second-order valence-electron chi connectivity index (χ2n) is 15.5. The molecule has 0 fully saturated rings. The van der Waals surface area contributed by atoms with Gasteiger partial charge in [-0.25, -0.2) is 0 Å². The summed E-state index contributed by atoms with van der Waals surface area (Å²) < 4.78 is 0. The van der Waals surface area contributed by atoms with E-state index in [0.717, 1.165) is 0 Å². The molecule has 2 aliphatic rings. The van der Waals surface area contributed by atoms with Crippen molar-refractivity contribution >= 4 is 49.4 Å². The van der Waals surface area contributed by atoms with Crippen molar-refractivity contribution in [1.82, 2.24) is 0 Å². The van der Waals surface area contributed by atoms with Crippen LogP contribution in [0.2, 0.25) is 0 Å². The molecule has 0 bridgehead atoms.